The van der Waals surface area contributed by atoms with Crippen LogP contribution in [0.4, 0.5) is 17.6 Å². The van der Waals surface area contributed by atoms with Crippen LogP contribution in [0.3, 0.4) is 0 Å². The predicted octanol–water partition coefficient (Wildman–Crippen LogP) is 3.49. The molecule has 2 aromatic rings. The Morgan fingerprint density at radius 2 is 1.95 bits per heavy atom. The number of benzene rings is 1. The zero-order valence-electron chi connectivity index (χ0n) is 10.1. The van der Waals surface area contributed by atoms with Gasteiger partial charge in [-0.25, -0.2) is 4.39 Å². The van der Waals surface area contributed by atoms with Crippen molar-refractivity contribution < 1.29 is 22.3 Å². The average Bonchev–Trinajstić information content (AvgIpc) is 2.40. The summed E-state index contributed by atoms with van der Waals surface area (Å²) in [4.78, 5) is 3.94. The molecule has 0 amide bonds. The van der Waals surface area contributed by atoms with Crippen molar-refractivity contribution in [2.75, 3.05) is 0 Å². The lowest BCUT2D eigenvalue weighted by molar-refractivity contribution is -0.140. The van der Waals surface area contributed by atoms with Crippen LogP contribution < -0.4 is 10.5 Å². The minimum Gasteiger partial charge on any atom is -0.455 e. The summed E-state index contributed by atoms with van der Waals surface area (Å²) in [5.74, 6) is -1.26. The summed E-state index contributed by atoms with van der Waals surface area (Å²) < 4.78 is 56.2. The van der Waals surface area contributed by atoms with Crippen LogP contribution in [-0.2, 0) is 12.7 Å². The van der Waals surface area contributed by atoms with Crippen LogP contribution in [0.25, 0.3) is 0 Å². The minimum absolute atomic E-state index is 0.0729. The third kappa shape index (κ3) is 3.05. The summed E-state index contributed by atoms with van der Waals surface area (Å²) in [6.45, 7) is 0.0729. The maximum atomic E-state index is 13.1. The smallest absolute Gasteiger partial charge is 0.419 e. The largest absolute Gasteiger partial charge is 0.455 e. The number of halogens is 4. The molecule has 0 fully saturated rings. The zero-order chi connectivity index (χ0) is 14.8. The van der Waals surface area contributed by atoms with E-state index in [1.54, 1.807) is 6.07 Å². The van der Waals surface area contributed by atoms with Gasteiger partial charge < -0.3 is 10.5 Å². The molecule has 106 valence electrons. The van der Waals surface area contributed by atoms with Crippen LogP contribution in [0.2, 0.25) is 0 Å². The van der Waals surface area contributed by atoms with Crippen molar-refractivity contribution in [3.63, 3.8) is 0 Å². The molecule has 0 saturated carbocycles. The van der Waals surface area contributed by atoms with Gasteiger partial charge in [-0.15, -0.1) is 0 Å². The molecule has 0 bridgehead atoms. The van der Waals surface area contributed by atoms with Gasteiger partial charge in [-0.05, 0) is 30.3 Å². The molecule has 1 aromatic carbocycles. The third-order valence-corrected chi connectivity index (χ3v) is 2.51. The summed E-state index contributed by atoms with van der Waals surface area (Å²) in [5.41, 5.74) is 4.46. The predicted molar refractivity (Wildman–Crippen MR) is 63.6 cm³/mol. The average molecular weight is 286 g/mol. The lowest BCUT2D eigenvalue weighted by Crippen LogP contribution is -2.08. The van der Waals surface area contributed by atoms with E-state index in [0.717, 1.165) is 6.07 Å². The van der Waals surface area contributed by atoms with E-state index in [1.807, 2.05) is 0 Å². The van der Waals surface area contributed by atoms with E-state index in [-0.39, 0.29) is 18.0 Å². The molecule has 20 heavy (non-hydrogen) atoms. The van der Waals surface area contributed by atoms with E-state index in [1.165, 1.54) is 12.3 Å². The first-order valence-corrected chi connectivity index (χ1v) is 5.60. The summed E-state index contributed by atoms with van der Waals surface area (Å²) in [6, 6.07) is 5.49. The second kappa shape index (κ2) is 5.46. The molecule has 0 aliphatic heterocycles. The molecule has 0 atom stereocenters. The van der Waals surface area contributed by atoms with E-state index in [0.29, 0.717) is 17.8 Å². The van der Waals surface area contributed by atoms with Crippen molar-refractivity contribution in [3.8, 4) is 11.5 Å². The fourth-order valence-electron chi connectivity index (χ4n) is 1.58. The highest BCUT2D eigenvalue weighted by atomic mass is 19.4. The van der Waals surface area contributed by atoms with Crippen LogP contribution in [0.15, 0.2) is 36.5 Å². The minimum atomic E-state index is -4.78. The molecule has 7 heteroatoms. The first kappa shape index (κ1) is 14.3. The second-order valence-corrected chi connectivity index (χ2v) is 3.89. The molecule has 0 aliphatic carbocycles. The number of hydrogen-bond acceptors (Lipinski definition) is 3. The van der Waals surface area contributed by atoms with Gasteiger partial charge in [0.2, 0.25) is 0 Å². The van der Waals surface area contributed by atoms with Gasteiger partial charge in [0, 0.05) is 12.7 Å². The zero-order valence-corrected chi connectivity index (χ0v) is 10.1. The standard InChI is InChI=1S/C13H10F4N2O/c14-10-4-3-8(6-9(10)13(15,16)17)20-12-2-1-5-19-11(12)7-18/h1-6H,7,18H2. The molecule has 2 rings (SSSR count). The van der Waals surface area contributed by atoms with Crippen molar-refractivity contribution in [3.05, 3.63) is 53.6 Å². The van der Waals surface area contributed by atoms with Crippen LogP contribution in [0.5, 0.6) is 11.5 Å². The van der Waals surface area contributed by atoms with Crippen LogP contribution in [-0.4, -0.2) is 4.98 Å². The first-order chi connectivity index (χ1) is 9.41. The Bertz CT molecular complexity index is 614. The molecule has 0 unspecified atom stereocenters. The monoisotopic (exact) mass is 286 g/mol. The molecular formula is C13H10F4N2O. The number of aromatic nitrogens is 1. The van der Waals surface area contributed by atoms with Crippen LogP contribution >= 0.6 is 0 Å². The number of ether oxygens (including phenoxy) is 1. The van der Waals surface area contributed by atoms with E-state index in [9.17, 15) is 17.6 Å². The Kier molecular flexibility index (Phi) is 3.89. The van der Waals surface area contributed by atoms with Gasteiger partial charge in [0.05, 0.1) is 11.3 Å². The van der Waals surface area contributed by atoms with E-state index in [2.05, 4.69) is 4.98 Å². The highest BCUT2D eigenvalue weighted by Gasteiger charge is 2.34. The van der Waals surface area contributed by atoms with Crippen molar-refractivity contribution in [1.29, 1.82) is 0 Å². The summed E-state index contributed by atoms with van der Waals surface area (Å²) in [6.07, 6.45) is -3.30. The van der Waals surface area contributed by atoms with Gasteiger partial charge in [-0.2, -0.15) is 13.2 Å². The van der Waals surface area contributed by atoms with E-state index < -0.39 is 17.6 Å². The Labute approximate surface area is 112 Å². The fourth-order valence-corrected chi connectivity index (χ4v) is 1.58. The van der Waals surface area contributed by atoms with Gasteiger partial charge >= 0.3 is 6.18 Å². The normalized spacial score (nSPS) is 11.4. The highest BCUT2D eigenvalue weighted by Crippen LogP contribution is 2.35. The quantitative estimate of drug-likeness (QED) is 0.879. The SMILES string of the molecule is NCc1ncccc1Oc1ccc(F)c(C(F)(F)F)c1. The van der Waals surface area contributed by atoms with Crippen LogP contribution in [0, 0.1) is 5.82 Å². The molecular weight excluding hydrogens is 276 g/mol. The maximum Gasteiger partial charge on any atom is 0.419 e. The van der Waals surface area contributed by atoms with Crippen molar-refractivity contribution >= 4 is 0 Å². The number of nitrogens with two attached hydrogens (primary N) is 1. The topological polar surface area (TPSA) is 48.1 Å². The molecule has 0 saturated heterocycles. The van der Waals surface area contributed by atoms with Gasteiger partial charge in [0.1, 0.15) is 17.3 Å². The molecule has 0 spiro atoms. The number of alkyl halides is 3. The third-order valence-electron chi connectivity index (χ3n) is 2.51. The van der Waals surface area contributed by atoms with Crippen molar-refractivity contribution in [2.45, 2.75) is 12.7 Å². The summed E-state index contributed by atoms with van der Waals surface area (Å²) >= 11 is 0. The van der Waals surface area contributed by atoms with Crippen molar-refractivity contribution in [1.82, 2.24) is 4.98 Å². The van der Waals surface area contributed by atoms with Gasteiger partial charge in [0.15, 0.2) is 0 Å². The number of pyridine rings is 1. The Balaban J connectivity index is 2.35. The van der Waals surface area contributed by atoms with E-state index in [4.69, 9.17) is 10.5 Å². The van der Waals surface area contributed by atoms with Gasteiger partial charge in [-0.3, -0.25) is 4.98 Å². The number of rotatable bonds is 3. The van der Waals surface area contributed by atoms with Gasteiger partial charge in [-0.1, -0.05) is 0 Å². The molecule has 1 heterocycles. The molecule has 0 radical (unpaired) electrons. The summed E-state index contributed by atoms with van der Waals surface area (Å²) in [7, 11) is 0. The lowest BCUT2D eigenvalue weighted by Gasteiger charge is -2.12. The molecule has 0 aliphatic rings. The Hall–Kier alpha value is -2.15. The number of hydrogen-bond donors (Lipinski definition) is 1. The molecule has 3 nitrogen and oxygen atoms in total. The molecule has 2 N–H and O–H groups in total. The fraction of sp³-hybridized carbons (Fsp3) is 0.154. The van der Waals surface area contributed by atoms with Crippen molar-refractivity contribution in [2.24, 2.45) is 5.73 Å². The maximum absolute atomic E-state index is 13.1. The second-order valence-electron chi connectivity index (χ2n) is 3.89. The lowest BCUT2D eigenvalue weighted by atomic mass is 10.2. The first-order valence-electron chi connectivity index (χ1n) is 5.60. The highest BCUT2D eigenvalue weighted by molar-refractivity contribution is 5.37. The number of nitrogens with zero attached hydrogens (tertiary/aromatic N) is 1. The van der Waals surface area contributed by atoms with Gasteiger partial charge in [0.25, 0.3) is 0 Å². The molecule has 1 aromatic heterocycles. The Morgan fingerprint density at radius 3 is 2.60 bits per heavy atom. The van der Waals surface area contributed by atoms with E-state index >= 15 is 0 Å². The van der Waals surface area contributed by atoms with Crippen LogP contribution in [0.1, 0.15) is 11.3 Å². The summed E-state index contributed by atoms with van der Waals surface area (Å²) in [5, 5.41) is 0. The Morgan fingerprint density at radius 1 is 1.20 bits per heavy atom.